The van der Waals surface area contributed by atoms with Gasteiger partial charge in [0.15, 0.2) is 5.78 Å². The van der Waals surface area contributed by atoms with Gasteiger partial charge in [-0.3, -0.25) is 4.79 Å². The van der Waals surface area contributed by atoms with Gasteiger partial charge in [0, 0.05) is 0 Å². The van der Waals surface area contributed by atoms with Crippen LogP contribution in [0, 0.1) is 0 Å². The Morgan fingerprint density at radius 2 is 2.07 bits per heavy atom. The number of ketones is 1. The van der Waals surface area contributed by atoms with Crippen molar-refractivity contribution in [2.24, 2.45) is 0 Å². The Balaban J connectivity index is 2.64. The van der Waals surface area contributed by atoms with Crippen LogP contribution in [0.25, 0.3) is 6.08 Å². The average Bonchev–Trinajstić information content (AvgIpc) is 2.28. The second-order valence-corrected chi connectivity index (χ2v) is 3.70. The van der Waals surface area contributed by atoms with Crippen LogP contribution in [0.1, 0.15) is 12.5 Å². The first-order chi connectivity index (χ1) is 7.26. The molecule has 0 aromatic heterocycles. The van der Waals surface area contributed by atoms with E-state index >= 15 is 0 Å². The number of carbonyl (C=O) groups excluding carboxylic acids is 1. The molecule has 0 spiro atoms. The van der Waals surface area contributed by atoms with Crippen LogP contribution in [0.3, 0.4) is 0 Å². The van der Waals surface area contributed by atoms with E-state index in [1.807, 2.05) is 37.3 Å². The summed E-state index contributed by atoms with van der Waals surface area (Å²) < 4.78 is 5.83. The fourth-order valence-corrected chi connectivity index (χ4v) is 1.33. The maximum absolute atomic E-state index is 11.0. The maximum atomic E-state index is 11.0. The first kappa shape index (κ1) is 12.2. The van der Waals surface area contributed by atoms with E-state index in [1.54, 1.807) is 6.08 Å². The van der Waals surface area contributed by atoms with Crippen LogP contribution in [-0.2, 0) is 4.79 Å². The molecule has 2 nitrogen and oxygen atoms in total. The maximum Gasteiger partial charge on any atom is 0.165 e. The molecule has 80 valence electrons. The van der Waals surface area contributed by atoms with Gasteiger partial charge in [-0.15, -0.1) is 0 Å². The number of ether oxygens (including phenoxy) is 1. The number of benzene rings is 1. The normalized spacial score (nSPS) is 10.5. The highest BCUT2D eigenvalue weighted by Crippen LogP contribution is 2.12. The third-order valence-electron chi connectivity index (χ3n) is 1.78. The van der Waals surface area contributed by atoms with Gasteiger partial charge in [0.2, 0.25) is 0 Å². The lowest BCUT2D eigenvalue weighted by molar-refractivity contribution is -0.112. The summed E-state index contributed by atoms with van der Waals surface area (Å²) in [6, 6.07) is 7.67. The minimum Gasteiger partial charge on any atom is -0.494 e. The monoisotopic (exact) mass is 316 g/mol. The fraction of sp³-hybridized carbons (Fsp3) is 0.250. The molecule has 0 aliphatic rings. The van der Waals surface area contributed by atoms with Gasteiger partial charge < -0.3 is 4.74 Å². The number of carbonyl (C=O) groups is 1. The zero-order valence-corrected chi connectivity index (χ0v) is 10.7. The molecule has 0 radical (unpaired) electrons. The van der Waals surface area contributed by atoms with Gasteiger partial charge in [0.05, 0.1) is 11.0 Å². The Labute approximate surface area is 103 Å². The minimum atomic E-state index is 0.129. The zero-order valence-electron chi connectivity index (χ0n) is 8.57. The first-order valence-electron chi connectivity index (χ1n) is 4.76. The number of alkyl halides is 1. The summed E-state index contributed by atoms with van der Waals surface area (Å²) in [5, 5.41) is 0. The highest BCUT2D eigenvalue weighted by molar-refractivity contribution is 14.1. The lowest BCUT2D eigenvalue weighted by Gasteiger charge is -2.01. The summed E-state index contributed by atoms with van der Waals surface area (Å²) in [5.41, 5.74) is 1.01. The van der Waals surface area contributed by atoms with Crippen molar-refractivity contribution >= 4 is 34.5 Å². The summed E-state index contributed by atoms with van der Waals surface area (Å²) in [7, 11) is 0. The molecule has 0 aliphatic carbocycles. The van der Waals surface area contributed by atoms with Gasteiger partial charge in [0.1, 0.15) is 5.75 Å². The Morgan fingerprint density at radius 3 is 2.60 bits per heavy atom. The molecule has 15 heavy (non-hydrogen) atoms. The molecule has 0 fully saturated rings. The third-order valence-corrected chi connectivity index (χ3v) is 2.54. The van der Waals surface area contributed by atoms with Crippen LogP contribution < -0.4 is 4.74 Å². The quantitative estimate of drug-likeness (QED) is 0.474. The van der Waals surface area contributed by atoms with Gasteiger partial charge in [-0.25, -0.2) is 0 Å². The number of halogens is 1. The Bertz CT molecular complexity index is 341. The summed E-state index contributed by atoms with van der Waals surface area (Å²) in [6.07, 6.45) is 3.42. The molecule has 1 aromatic carbocycles. The third kappa shape index (κ3) is 4.46. The second kappa shape index (κ2) is 6.61. The van der Waals surface area contributed by atoms with E-state index in [9.17, 15) is 4.79 Å². The van der Waals surface area contributed by atoms with Crippen molar-refractivity contribution in [2.45, 2.75) is 6.92 Å². The van der Waals surface area contributed by atoms with Crippen LogP contribution in [0.5, 0.6) is 5.75 Å². The summed E-state index contributed by atoms with van der Waals surface area (Å²) in [4.78, 5) is 11.0. The van der Waals surface area contributed by atoms with Gasteiger partial charge in [0.25, 0.3) is 0 Å². The largest absolute Gasteiger partial charge is 0.494 e. The zero-order chi connectivity index (χ0) is 11.1. The van der Waals surface area contributed by atoms with Gasteiger partial charge >= 0.3 is 0 Å². The van der Waals surface area contributed by atoms with Crippen LogP contribution in [-0.4, -0.2) is 16.8 Å². The molecule has 3 heteroatoms. The molecule has 0 atom stereocenters. The van der Waals surface area contributed by atoms with Crippen molar-refractivity contribution in [1.82, 2.24) is 0 Å². The van der Waals surface area contributed by atoms with E-state index in [0.717, 1.165) is 11.3 Å². The molecule has 0 saturated carbocycles. The van der Waals surface area contributed by atoms with Gasteiger partial charge in [-0.2, -0.15) is 0 Å². The van der Waals surface area contributed by atoms with Gasteiger partial charge in [-0.05, 0) is 30.7 Å². The van der Waals surface area contributed by atoms with E-state index in [4.69, 9.17) is 4.74 Å². The van der Waals surface area contributed by atoms with E-state index in [2.05, 4.69) is 22.6 Å². The number of hydrogen-bond donors (Lipinski definition) is 0. The molecule has 0 N–H and O–H groups in total. The summed E-state index contributed by atoms with van der Waals surface area (Å²) >= 11 is 2.05. The Hall–Kier alpha value is -0.840. The predicted octanol–water partition coefficient (Wildman–Crippen LogP) is 3.10. The van der Waals surface area contributed by atoms with Crippen LogP contribution in [0.2, 0.25) is 0 Å². The summed E-state index contributed by atoms with van der Waals surface area (Å²) in [6.45, 7) is 2.62. The smallest absolute Gasteiger partial charge is 0.165 e. The molecular weight excluding hydrogens is 303 g/mol. The van der Waals surface area contributed by atoms with E-state index < -0.39 is 0 Å². The van der Waals surface area contributed by atoms with Crippen molar-refractivity contribution < 1.29 is 9.53 Å². The Kier molecular flexibility index (Phi) is 5.39. The SMILES string of the molecule is CCOc1ccc(/C=C/C(=O)CI)cc1. The van der Waals surface area contributed by atoms with Crippen molar-refractivity contribution in [1.29, 1.82) is 0 Å². The highest BCUT2D eigenvalue weighted by Gasteiger charge is 1.93. The van der Waals surface area contributed by atoms with E-state index in [1.165, 1.54) is 0 Å². The molecule has 1 aromatic rings. The molecule has 0 aliphatic heterocycles. The number of allylic oxidation sites excluding steroid dienone is 1. The molecular formula is C12H13IO2. The fourth-order valence-electron chi connectivity index (χ4n) is 1.08. The molecule has 0 heterocycles. The van der Waals surface area contributed by atoms with E-state index in [0.29, 0.717) is 11.0 Å². The lowest BCUT2D eigenvalue weighted by atomic mass is 10.2. The van der Waals surface area contributed by atoms with Crippen LogP contribution >= 0.6 is 22.6 Å². The van der Waals surface area contributed by atoms with Crippen molar-refractivity contribution in [3.8, 4) is 5.75 Å². The van der Waals surface area contributed by atoms with Crippen molar-refractivity contribution in [2.75, 3.05) is 11.0 Å². The number of hydrogen-bond acceptors (Lipinski definition) is 2. The summed E-state index contributed by atoms with van der Waals surface area (Å²) in [5.74, 6) is 0.986. The second-order valence-electron chi connectivity index (χ2n) is 2.94. The van der Waals surface area contributed by atoms with Gasteiger partial charge in [-0.1, -0.05) is 40.8 Å². The van der Waals surface area contributed by atoms with Crippen LogP contribution in [0.15, 0.2) is 30.3 Å². The molecule has 1 rings (SSSR count). The molecule has 0 amide bonds. The minimum absolute atomic E-state index is 0.129. The first-order valence-corrected chi connectivity index (χ1v) is 6.28. The molecule has 0 unspecified atom stereocenters. The standard InChI is InChI=1S/C12H13IO2/c1-2-15-12-7-4-10(5-8-12)3-6-11(14)9-13/h3-8H,2,9H2,1H3/b6-3+. The molecule has 0 bridgehead atoms. The lowest BCUT2D eigenvalue weighted by Crippen LogP contribution is -1.92. The Morgan fingerprint density at radius 1 is 1.40 bits per heavy atom. The van der Waals surface area contributed by atoms with E-state index in [-0.39, 0.29) is 5.78 Å². The predicted molar refractivity (Wildman–Crippen MR) is 70.5 cm³/mol. The average molecular weight is 316 g/mol. The number of rotatable bonds is 5. The van der Waals surface area contributed by atoms with Crippen molar-refractivity contribution in [3.63, 3.8) is 0 Å². The molecule has 0 saturated heterocycles. The van der Waals surface area contributed by atoms with Crippen LogP contribution in [0.4, 0.5) is 0 Å². The highest BCUT2D eigenvalue weighted by atomic mass is 127. The topological polar surface area (TPSA) is 26.3 Å². The van der Waals surface area contributed by atoms with Crippen molar-refractivity contribution in [3.05, 3.63) is 35.9 Å².